The quantitative estimate of drug-likeness (QED) is 0.689. The molecule has 3 heteroatoms. The summed E-state index contributed by atoms with van der Waals surface area (Å²) in [5.74, 6) is -0.806. The number of rotatable bonds is 5. The van der Waals surface area contributed by atoms with E-state index in [1.807, 2.05) is 6.92 Å². The van der Waals surface area contributed by atoms with Crippen LogP contribution in [-0.4, -0.2) is 21.3 Å². The van der Waals surface area contributed by atoms with E-state index in [-0.39, 0.29) is 11.3 Å². The number of hydrogen-bond acceptors (Lipinski definition) is 1. The molecular weight excluding hydrogens is 180 g/mol. The number of hydrogen-bond donors (Lipinski definition) is 1. The van der Waals surface area contributed by atoms with Crippen molar-refractivity contribution in [2.75, 3.05) is 0 Å². The summed E-state index contributed by atoms with van der Waals surface area (Å²) in [6.45, 7) is 8.36. The lowest BCUT2D eigenvalue weighted by Crippen LogP contribution is -2.33. The zero-order chi connectivity index (χ0) is 10.6. The maximum absolute atomic E-state index is 11.1. The van der Waals surface area contributed by atoms with Crippen molar-refractivity contribution in [3.05, 3.63) is 0 Å². The van der Waals surface area contributed by atoms with E-state index in [4.69, 9.17) is 5.11 Å². The Morgan fingerprint density at radius 2 is 2.00 bits per heavy atom. The van der Waals surface area contributed by atoms with Crippen molar-refractivity contribution < 1.29 is 9.90 Å². The largest absolute Gasteiger partial charge is 0.481 e. The Hall–Kier alpha value is -0.313. The van der Waals surface area contributed by atoms with Crippen LogP contribution in [0.5, 0.6) is 0 Å². The number of carboxylic acid groups (broad SMARTS) is 1. The van der Waals surface area contributed by atoms with Crippen LogP contribution < -0.4 is 0 Å². The minimum absolute atomic E-state index is 0.0476. The molecule has 0 saturated heterocycles. The second-order valence-electron chi connectivity index (χ2n) is 4.66. The summed E-state index contributed by atoms with van der Waals surface area (Å²) in [7, 11) is 1.06. The summed E-state index contributed by atoms with van der Waals surface area (Å²) >= 11 is 0. The second kappa shape index (κ2) is 4.79. The fourth-order valence-corrected chi connectivity index (χ4v) is 1.91. The van der Waals surface area contributed by atoms with E-state index in [9.17, 15) is 4.79 Å². The SMILES string of the molecule is CCCC(C(=O)O)C(C)(C)C(C)[SiH3]. The minimum atomic E-state index is -0.630. The van der Waals surface area contributed by atoms with Gasteiger partial charge in [0.15, 0.2) is 0 Å². The molecule has 78 valence electrons. The van der Waals surface area contributed by atoms with Crippen molar-refractivity contribution in [2.45, 2.75) is 46.1 Å². The molecule has 2 nitrogen and oxygen atoms in total. The van der Waals surface area contributed by atoms with Gasteiger partial charge in [-0.3, -0.25) is 4.79 Å². The van der Waals surface area contributed by atoms with Gasteiger partial charge in [0.05, 0.1) is 5.92 Å². The molecule has 0 aliphatic heterocycles. The third-order valence-electron chi connectivity index (χ3n) is 3.26. The fourth-order valence-electron chi connectivity index (χ4n) is 1.50. The van der Waals surface area contributed by atoms with E-state index < -0.39 is 5.97 Å². The molecule has 0 bridgehead atoms. The van der Waals surface area contributed by atoms with Crippen LogP contribution in [0.4, 0.5) is 0 Å². The van der Waals surface area contributed by atoms with Gasteiger partial charge >= 0.3 is 5.97 Å². The van der Waals surface area contributed by atoms with Crippen LogP contribution >= 0.6 is 0 Å². The lowest BCUT2D eigenvalue weighted by molar-refractivity contribution is -0.146. The van der Waals surface area contributed by atoms with Crippen LogP contribution in [0.2, 0.25) is 5.54 Å². The predicted octanol–water partition coefficient (Wildman–Crippen LogP) is 1.69. The van der Waals surface area contributed by atoms with Crippen LogP contribution in [0.15, 0.2) is 0 Å². The van der Waals surface area contributed by atoms with E-state index >= 15 is 0 Å². The Bertz CT molecular complexity index is 176. The van der Waals surface area contributed by atoms with Crippen LogP contribution in [0.25, 0.3) is 0 Å². The topological polar surface area (TPSA) is 37.3 Å². The van der Waals surface area contributed by atoms with E-state index in [1.54, 1.807) is 0 Å². The average Bonchev–Trinajstić information content (AvgIpc) is 1.98. The molecule has 1 N–H and O–H groups in total. The smallest absolute Gasteiger partial charge is 0.307 e. The highest BCUT2D eigenvalue weighted by Gasteiger charge is 2.36. The molecule has 2 atom stereocenters. The summed E-state index contributed by atoms with van der Waals surface area (Å²) in [5, 5.41) is 9.10. The highest BCUT2D eigenvalue weighted by Crippen LogP contribution is 2.39. The maximum Gasteiger partial charge on any atom is 0.307 e. The van der Waals surface area contributed by atoms with Crippen molar-refractivity contribution in [1.82, 2.24) is 0 Å². The normalized spacial score (nSPS) is 16.9. The van der Waals surface area contributed by atoms with Crippen molar-refractivity contribution in [3.63, 3.8) is 0 Å². The van der Waals surface area contributed by atoms with E-state index in [1.165, 1.54) is 0 Å². The lowest BCUT2D eigenvalue weighted by atomic mass is 9.74. The number of carboxylic acids is 1. The van der Waals surface area contributed by atoms with E-state index in [0.29, 0.717) is 5.54 Å². The summed E-state index contributed by atoms with van der Waals surface area (Å²) < 4.78 is 0. The standard InChI is InChI=1S/C10H22O2Si/c1-5-6-8(9(11)12)10(3,4)7(2)13/h7-8H,5-6H2,1-4,13H3,(H,11,12). The molecule has 0 heterocycles. The predicted molar refractivity (Wildman–Crippen MR) is 59.2 cm³/mol. The number of aliphatic carboxylic acids is 1. The fraction of sp³-hybridized carbons (Fsp3) is 0.900. The Kier molecular flexibility index (Phi) is 4.68. The molecule has 0 saturated carbocycles. The van der Waals surface area contributed by atoms with Gasteiger partial charge in [-0.05, 0) is 11.8 Å². The molecular formula is C10H22O2Si. The second-order valence-corrected chi connectivity index (χ2v) is 6.39. The Morgan fingerprint density at radius 1 is 1.54 bits per heavy atom. The Labute approximate surface area is 84.2 Å². The van der Waals surface area contributed by atoms with E-state index in [2.05, 4.69) is 20.8 Å². The molecule has 0 rings (SSSR count). The average molecular weight is 202 g/mol. The minimum Gasteiger partial charge on any atom is -0.481 e. The van der Waals surface area contributed by atoms with Crippen LogP contribution in [-0.2, 0) is 4.79 Å². The lowest BCUT2D eigenvalue weighted by Gasteiger charge is -2.35. The van der Waals surface area contributed by atoms with Gasteiger partial charge in [0.25, 0.3) is 0 Å². The molecule has 0 aliphatic carbocycles. The Balaban J connectivity index is 4.61. The molecule has 2 unspecified atom stereocenters. The first-order chi connectivity index (χ1) is 5.84. The molecule has 0 fully saturated rings. The first-order valence-corrected chi connectivity index (χ1v) is 6.22. The maximum atomic E-state index is 11.1. The van der Waals surface area contributed by atoms with Gasteiger partial charge in [-0.15, -0.1) is 0 Å². The first kappa shape index (κ1) is 12.7. The van der Waals surface area contributed by atoms with Gasteiger partial charge in [-0.1, -0.05) is 39.7 Å². The zero-order valence-electron chi connectivity index (χ0n) is 9.42. The third kappa shape index (κ3) is 3.14. The molecule has 0 spiro atoms. The van der Waals surface area contributed by atoms with Crippen molar-refractivity contribution in [2.24, 2.45) is 11.3 Å². The molecule has 13 heavy (non-hydrogen) atoms. The summed E-state index contributed by atoms with van der Waals surface area (Å²) in [4.78, 5) is 11.1. The Morgan fingerprint density at radius 3 is 2.23 bits per heavy atom. The van der Waals surface area contributed by atoms with Crippen molar-refractivity contribution >= 4 is 16.2 Å². The van der Waals surface area contributed by atoms with Gasteiger partial charge in [0.2, 0.25) is 0 Å². The van der Waals surface area contributed by atoms with Gasteiger partial charge in [0, 0.05) is 10.2 Å². The third-order valence-corrected chi connectivity index (χ3v) is 4.75. The molecule has 0 aromatic rings. The van der Waals surface area contributed by atoms with Gasteiger partial charge in [-0.2, -0.15) is 0 Å². The monoisotopic (exact) mass is 202 g/mol. The number of carbonyl (C=O) groups is 1. The summed E-state index contributed by atoms with van der Waals surface area (Å²) in [6.07, 6.45) is 1.75. The zero-order valence-corrected chi connectivity index (χ0v) is 11.4. The van der Waals surface area contributed by atoms with Crippen molar-refractivity contribution in [1.29, 1.82) is 0 Å². The molecule has 0 amide bonds. The highest BCUT2D eigenvalue weighted by molar-refractivity contribution is 6.12. The van der Waals surface area contributed by atoms with E-state index in [0.717, 1.165) is 23.1 Å². The summed E-state index contributed by atoms with van der Waals surface area (Å²) in [6, 6.07) is 0. The van der Waals surface area contributed by atoms with Gasteiger partial charge in [-0.25, -0.2) is 0 Å². The van der Waals surface area contributed by atoms with Gasteiger partial charge < -0.3 is 5.11 Å². The highest BCUT2D eigenvalue weighted by atomic mass is 28.1. The molecule has 0 radical (unpaired) electrons. The molecule has 0 aromatic carbocycles. The summed E-state index contributed by atoms with van der Waals surface area (Å²) in [5.41, 5.74) is 0.494. The van der Waals surface area contributed by atoms with Crippen LogP contribution in [0.1, 0.15) is 40.5 Å². The molecule has 0 aliphatic rings. The van der Waals surface area contributed by atoms with Crippen molar-refractivity contribution in [3.8, 4) is 0 Å². The van der Waals surface area contributed by atoms with Crippen LogP contribution in [0.3, 0.4) is 0 Å². The van der Waals surface area contributed by atoms with Gasteiger partial charge in [0.1, 0.15) is 0 Å². The first-order valence-electron chi connectivity index (χ1n) is 5.06. The molecule has 0 aromatic heterocycles. The van der Waals surface area contributed by atoms with Crippen LogP contribution in [0, 0.1) is 11.3 Å².